The van der Waals surface area contributed by atoms with Gasteiger partial charge in [-0.2, -0.15) is 0 Å². The van der Waals surface area contributed by atoms with Gasteiger partial charge in [-0.3, -0.25) is 4.79 Å². The normalized spacial score (nSPS) is 16.1. The van der Waals surface area contributed by atoms with Crippen molar-refractivity contribution in [1.82, 2.24) is 5.32 Å². The zero-order valence-electron chi connectivity index (χ0n) is 13.0. The maximum Gasteiger partial charge on any atom is 0.226 e. The fraction of sp³-hybridized carbons (Fsp3) is 0.933. The summed E-state index contributed by atoms with van der Waals surface area (Å²) < 4.78 is 0. The van der Waals surface area contributed by atoms with Crippen molar-refractivity contribution in [1.29, 1.82) is 0 Å². The molecule has 1 amide bonds. The van der Waals surface area contributed by atoms with Crippen molar-refractivity contribution in [2.24, 2.45) is 16.7 Å². The van der Waals surface area contributed by atoms with Crippen LogP contribution in [0.2, 0.25) is 0 Å². The van der Waals surface area contributed by atoms with E-state index in [0.29, 0.717) is 5.92 Å². The first-order valence-corrected chi connectivity index (χ1v) is 6.87. The Morgan fingerprint density at radius 3 is 1.88 bits per heavy atom. The first-order chi connectivity index (χ1) is 7.56. The van der Waals surface area contributed by atoms with Crippen molar-refractivity contribution in [3.63, 3.8) is 0 Å². The summed E-state index contributed by atoms with van der Waals surface area (Å²) in [5.41, 5.74) is -0.267. The van der Waals surface area contributed by atoms with Gasteiger partial charge in [0.15, 0.2) is 0 Å². The van der Waals surface area contributed by atoms with Crippen LogP contribution in [0.5, 0.6) is 0 Å². The van der Waals surface area contributed by atoms with E-state index < -0.39 is 0 Å². The van der Waals surface area contributed by atoms with Crippen molar-refractivity contribution in [3.05, 3.63) is 0 Å². The number of carbonyl (C=O) groups excluding carboxylic acids is 1. The van der Waals surface area contributed by atoms with Gasteiger partial charge in [-0.1, -0.05) is 41.5 Å². The van der Waals surface area contributed by atoms with E-state index in [1.54, 1.807) is 0 Å². The first-order valence-electron chi connectivity index (χ1n) is 6.87. The largest absolute Gasteiger partial charge is 0.353 e. The van der Waals surface area contributed by atoms with E-state index in [-0.39, 0.29) is 22.8 Å². The number of amides is 1. The first kappa shape index (κ1) is 16.5. The van der Waals surface area contributed by atoms with Gasteiger partial charge in [0.05, 0.1) is 5.41 Å². The molecule has 0 aliphatic rings. The van der Waals surface area contributed by atoms with E-state index >= 15 is 0 Å². The molecule has 0 heterocycles. The molecule has 0 aromatic heterocycles. The summed E-state index contributed by atoms with van der Waals surface area (Å²) in [6.45, 7) is 17.1. The lowest BCUT2D eigenvalue weighted by Crippen LogP contribution is -2.50. The lowest BCUT2D eigenvalue weighted by molar-refractivity contribution is -0.139. The molecule has 2 heteroatoms. The van der Waals surface area contributed by atoms with Crippen LogP contribution in [0.25, 0.3) is 0 Å². The zero-order valence-corrected chi connectivity index (χ0v) is 13.0. The van der Waals surface area contributed by atoms with E-state index in [1.165, 1.54) is 0 Å². The van der Waals surface area contributed by atoms with Crippen LogP contribution >= 0.6 is 0 Å². The second-order valence-electron chi connectivity index (χ2n) is 6.80. The monoisotopic (exact) mass is 241 g/mol. The average molecular weight is 241 g/mol. The summed E-state index contributed by atoms with van der Waals surface area (Å²) in [6.07, 6.45) is 1.95. The van der Waals surface area contributed by atoms with Crippen LogP contribution in [-0.2, 0) is 4.79 Å². The summed E-state index contributed by atoms with van der Waals surface area (Å²) in [6, 6.07) is 0.210. The summed E-state index contributed by atoms with van der Waals surface area (Å²) in [5.74, 6) is 0.733. The quantitative estimate of drug-likeness (QED) is 0.748. The molecule has 1 N–H and O–H groups in total. The van der Waals surface area contributed by atoms with Gasteiger partial charge >= 0.3 is 0 Å². The second-order valence-corrected chi connectivity index (χ2v) is 6.80. The molecule has 1 unspecified atom stereocenters. The molecule has 0 aromatic rings. The summed E-state index contributed by atoms with van der Waals surface area (Å²) in [5, 5.41) is 3.09. The van der Waals surface area contributed by atoms with Crippen LogP contribution in [0.1, 0.15) is 68.2 Å². The van der Waals surface area contributed by atoms with Crippen LogP contribution in [0.3, 0.4) is 0 Å². The molecule has 0 fully saturated rings. The average Bonchev–Trinajstić information content (AvgIpc) is 2.15. The van der Waals surface area contributed by atoms with Gasteiger partial charge in [0, 0.05) is 6.04 Å². The third-order valence-electron chi connectivity index (χ3n) is 4.12. The minimum Gasteiger partial charge on any atom is -0.353 e. The second kappa shape index (κ2) is 5.88. The van der Waals surface area contributed by atoms with Crippen molar-refractivity contribution in [2.75, 3.05) is 0 Å². The van der Waals surface area contributed by atoms with Gasteiger partial charge in [0.25, 0.3) is 0 Å². The lowest BCUT2D eigenvalue weighted by Gasteiger charge is -2.44. The Morgan fingerprint density at radius 1 is 1.12 bits per heavy atom. The van der Waals surface area contributed by atoms with Crippen molar-refractivity contribution >= 4 is 5.91 Å². The summed E-state index contributed by atoms with van der Waals surface area (Å²) in [4.78, 5) is 12.5. The fourth-order valence-electron chi connectivity index (χ4n) is 2.30. The van der Waals surface area contributed by atoms with E-state index in [0.717, 1.165) is 12.8 Å². The van der Waals surface area contributed by atoms with Crippen LogP contribution in [0.15, 0.2) is 0 Å². The molecule has 0 bridgehead atoms. The van der Waals surface area contributed by atoms with Crippen LogP contribution in [-0.4, -0.2) is 11.9 Å². The molecule has 17 heavy (non-hydrogen) atoms. The maximum atomic E-state index is 12.5. The molecule has 0 aliphatic carbocycles. The predicted octanol–water partition coefficient (Wildman–Crippen LogP) is 4.00. The van der Waals surface area contributed by atoms with Gasteiger partial charge in [-0.15, -0.1) is 0 Å². The van der Waals surface area contributed by atoms with Crippen LogP contribution < -0.4 is 5.32 Å². The Labute approximate surface area is 108 Å². The van der Waals surface area contributed by atoms with Gasteiger partial charge in [0.2, 0.25) is 5.91 Å². The highest BCUT2D eigenvalue weighted by Crippen LogP contribution is 2.46. The van der Waals surface area contributed by atoms with Crippen molar-refractivity contribution in [3.8, 4) is 0 Å². The highest BCUT2D eigenvalue weighted by atomic mass is 16.2. The molecule has 0 spiro atoms. The maximum absolute atomic E-state index is 12.5. The molecular formula is C15H31NO. The Balaban J connectivity index is 5.17. The predicted molar refractivity (Wildman–Crippen MR) is 74.9 cm³/mol. The zero-order chi connectivity index (χ0) is 13.9. The van der Waals surface area contributed by atoms with Gasteiger partial charge in [0.1, 0.15) is 0 Å². The molecule has 0 aromatic carbocycles. The van der Waals surface area contributed by atoms with Crippen LogP contribution in [0, 0.1) is 16.7 Å². The Kier molecular flexibility index (Phi) is 5.70. The fourth-order valence-corrected chi connectivity index (χ4v) is 2.30. The summed E-state index contributed by atoms with van der Waals surface area (Å²) >= 11 is 0. The molecule has 0 rings (SSSR count). The van der Waals surface area contributed by atoms with Crippen molar-refractivity contribution < 1.29 is 4.79 Å². The highest BCUT2D eigenvalue weighted by Gasteiger charge is 2.46. The van der Waals surface area contributed by atoms with Crippen molar-refractivity contribution in [2.45, 2.75) is 74.3 Å². The summed E-state index contributed by atoms with van der Waals surface area (Å²) in [7, 11) is 0. The molecule has 0 saturated carbocycles. The van der Waals surface area contributed by atoms with E-state index in [2.05, 4.69) is 46.9 Å². The molecule has 0 saturated heterocycles. The Hall–Kier alpha value is -0.530. The molecule has 0 aliphatic heterocycles. The van der Waals surface area contributed by atoms with E-state index in [4.69, 9.17) is 0 Å². The highest BCUT2D eigenvalue weighted by molar-refractivity contribution is 5.83. The third kappa shape index (κ3) is 4.01. The topological polar surface area (TPSA) is 29.1 Å². The standard InChI is InChI=1S/C15H31NO/c1-9-14(6,7)15(8,10-11(2)3)13(17)16-12(4)5/h11-12H,9-10H2,1-8H3,(H,16,17). The molecule has 0 radical (unpaired) electrons. The van der Waals surface area contributed by atoms with Crippen LogP contribution in [0.4, 0.5) is 0 Å². The molecular weight excluding hydrogens is 210 g/mol. The SMILES string of the molecule is CCC(C)(C)C(C)(CC(C)C)C(=O)NC(C)C. The van der Waals surface area contributed by atoms with Gasteiger partial charge < -0.3 is 5.32 Å². The Morgan fingerprint density at radius 2 is 1.59 bits per heavy atom. The molecule has 2 nitrogen and oxygen atoms in total. The molecule has 1 atom stereocenters. The number of rotatable bonds is 6. The lowest BCUT2D eigenvalue weighted by atomic mass is 9.61. The smallest absolute Gasteiger partial charge is 0.226 e. The van der Waals surface area contributed by atoms with E-state index in [9.17, 15) is 4.79 Å². The number of carbonyl (C=O) groups is 1. The number of hydrogen-bond donors (Lipinski definition) is 1. The number of nitrogens with one attached hydrogen (secondary N) is 1. The molecule has 102 valence electrons. The Bertz CT molecular complexity index is 256. The third-order valence-corrected chi connectivity index (χ3v) is 4.12. The van der Waals surface area contributed by atoms with Gasteiger partial charge in [-0.05, 0) is 38.0 Å². The minimum absolute atomic E-state index is 0.0241. The minimum atomic E-state index is -0.291. The van der Waals surface area contributed by atoms with Gasteiger partial charge in [-0.25, -0.2) is 0 Å². The van der Waals surface area contributed by atoms with E-state index in [1.807, 2.05) is 13.8 Å². The number of hydrogen-bond acceptors (Lipinski definition) is 1.